The third-order valence-corrected chi connectivity index (χ3v) is 4.30. The van der Waals surface area contributed by atoms with Crippen LogP contribution in [0.5, 0.6) is 5.75 Å². The highest BCUT2D eigenvalue weighted by Crippen LogP contribution is 2.25. The van der Waals surface area contributed by atoms with Crippen molar-refractivity contribution in [2.75, 3.05) is 33.3 Å². The average molecular weight is 345 g/mol. The van der Waals surface area contributed by atoms with Gasteiger partial charge in [-0.3, -0.25) is 19.8 Å². The lowest BCUT2D eigenvalue weighted by Crippen LogP contribution is -2.48. The maximum Gasteiger partial charge on any atom is 0.270 e. The van der Waals surface area contributed by atoms with Crippen LogP contribution < -0.4 is 4.74 Å². The van der Waals surface area contributed by atoms with Crippen molar-refractivity contribution < 1.29 is 18.9 Å². The Morgan fingerprint density at radius 2 is 2.04 bits per heavy atom. The molecule has 1 amide bonds. The molecule has 8 nitrogen and oxygen atoms in total. The van der Waals surface area contributed by atoms with E-state index in [0.717, 1.165) is 5.56 Å². The van der Waals surface area contributed by atoms with Crippen molar-refractivity contribution in [2.45, 2.75) is 6.54 Å². The SMILES string of the molecule is COc1ccc([N+](=O)[O-])cc1CN1CCN(C(=O)c2ccoc2)CC1. The molecule has 0 bridgehead atoms. The molecule has 1 saturated heterocycles. The first-order valence-electron chi connectivity index (χ1n) is 7.93. The monoisotopic (exact) mass is 345 g/mol. The van der Waals surface area contributed by atoms with Crippen LogP contribution in [0.25, 0.3) is 0 Å². The van der Waals surface area contributed by atoms with Crippen LogP contribution >= 0.6 is 0 Å². The standard InChI is InChI=1S/C17H19N3O5/c1-24-16-3-2-15(20(22)23)10-14(16)11-18-5-7-19(8-6-18)17(21)13-4-9-25-12-13/h2-4,9-10,12H,5-8,11H2,1H3. The first-order chi connectivity index (χ1) is 12.1. The lowest BCUT2D eigenvalue weighted by atomic mass is 10.1. The van der Waals surface area contributed by atoms with Gasteiger partial charge in [0.1, 0.15) is 12.0 Å². The summed E-state index contributed by atoms with van der Waals surface area (Å²) in [6, 6.07) is 6.25. The highest BCUT2D eigenvalue weighted by molar-refractivity contribution is 5.93. The topological polar surface area (TPSA) is 89.1 Å². The summed E-state index contributed by atoms with van der Waals surface area (Å²) >= 11 is 0. The average Bonchev–Trinajstić information content (AvgIpc) is 3.16. The molecule has 2 heterocycles. The fourth-order valence-corrected chi connectivity index (χ4v) is 2.92. The second kappa shape index (κ2) is 7.35. The van der Waals surface area contributed by atoms with Crippen LogP contribution in [-0.2, 0) is 6.54 Å². The van der Waals surface area contributed by atoms with E-state index in [4.69, 9.17) is 9.15 Å². The van der Waals surface area contributed by atoms with Gasteiger partial charge in [-0.25, -0.2) is 0 Å². The molecule has 0 radical (unpaired) electrons. The van der Waals surface area contributed by atoms with E-state index in [1.807, 2.05) is 0 Å². The van der Waals surface area contributed by atoms with Crippen molar-refractivity contribution in [3.05, 3.63) is 58.0 Å². The molecule has 8 heteroatoms. The van der Waals surface area contributed by atoms with E-state index < -0.39 is 4.92 Å². The van der Waals surface area contributed by atoms with Gasteiger partial charge in [-0.05, 0) is 12.1 Å². The summed E-state index contributed by atoms with van der Waals surface area (Å²) in [5.41, 5.74) is 1.37. The molecule has 2 aromatic rings. The van der Waals surface area contributed by atoms with E-state index in [0.29, 0.717) is 44.0 Å². The van der Waals surface area contributed by atoms with Crippen molar-refractivity contribution in [1.29, 1.82) is 0 Å². The van der Waals surface area contributed by atoms with Crippen LogP contribution in [0.2, 0.25) is 0 Å². The molecular weight excluding hydrogens is 326 g/mol. The zero-order chi connectivity index (χ0) is 17.8. The van der Waals surface area contributed by atoms with E-state index >= 15 is 0 Å². The Morgan fingerprint density at radius 3 is 2.64 bits per heavy atom. The van der Waals surface area contributed by atoms with Crippen LogP contribution in [0.4, 0.5) is 5.69 Å². The van der Waals surface area contributed by atoms with E-state index in [2.05, 4.69) is 4.90 Å². The summed E-state index contributed by atoms with van der Waals surface area (Å²) in [6.07, 6.45) is 2.93. The Kier molecular flexibility index (Phi) is 4.99. The van der Waals surface area contributed by atoms with Crippen LogP contribution in [0.3, 0.4) is 0 Å². The first-order valence-corrected chi connectivity index (χ1v) is 7.93. The van der Waals surface area contributed by atoms with Gasteiger partial charge in [-0.2, -0.15) is 0 Å². The van der Waals surface area contributed by atoms with Crippen molar-refractivity contribution in [1.82, 2.24) is 9.80 Å². The highest BCUT2D eigenvalue weighted by atomic mass is 16.6. The van der Waals surface area contributed by atoms with Crippen molar-refractivity contribution in [2.24, 2.45) is 0 Å². The Bertz CT molecular complexity index is 752. The molecule has 1 aromatic carbocycles. The Balaban J connectivity index is 1.63. The summed E-state index contributed by atoms with van der Waals surface area (Å²) in [7, 11) is 1.55. The Hall–Kier alpha value is -2.87. The number of hydrogen-bond donors (Lipinski definition) is 0. The maximum atomic E-state index is 12.3. The number of carbonyl (C=O) groups excluding carboxylic acids is 1. The van der Waals surface area contributed by atoms with Crippen molar-refractivity contribution in [3.63, 3.8) is 0 Å². The van der Waals surface area contributed by atoms with Gasteiger partial charge in [-0.1, -0.05) is 0 Å². The van der Waals surface area contributed by atoms with Gasteiger partial charge in [0.2, 0.25) is 0 Å². The molecule has 132 valence electrons. The van der Waals surface area contributed by atoms with Gasteiger partial charge in [0, 0.05) is 50.4 Å². The fourth-order valence-electron chi connectivity index (χ4n) is 2.92. The third-order valence-electron chi connectivity index (χ3n) is 4.30. The Labute approximate surface area is 144 Å². The number of nitro benzene ring substituents is 1. The van der Waals surface area contributed by atoms with Gasteiger partial charge in [-0.15, -0.1) is 0 Å². The number of hydrogen-bond acceptors (Lipinski definition) is 6. The zero-order valence-electron chi connectivity index (χ0n) is 13.9. The number of non-ortho nitro benzene ring substituents is 1. The van der Waals surface area contributed by atoms with Gasteiger partial charge >= 0.3 is 0 Å². The number of methoxy groups -OCH3 is 1. The van der Waals surface area contributed by atoms with Gasteiger partial charge < -0.3 is 14.1 Å². The predicted molar refractivity (Wildman–Crippen MR) is 89.5 cm³/mol. The lowest BCUT2D eigenvalue weighted by Gasteiger charge is -2.34. The molecule has 3 rings (SSSR count). The van der Waals surface area contributed by atoms with Crippen LogP contribution in [0.1, 0.15) is 15.9 Å². The number of piperazine rings is 1. The van der Waals surface area contributed by atoms with Crippen LogP contribution in [0, 0.1) is 10.1 Å². The number of nitro groups is 1. The molecule has 1 aromatic heterocycles. The van der Waals surface area contributed by atoms with Crippen LogP contribution in [-0.4, -0.2) is 53.9 Å². The van der Waals surface area contributed by atoms with E-state index in [1.165, 1.54) is 18.6 Å². The molecular formula is C17H19N3O5. The summed E-state index contributed by atoms with van der Waals surface area (Å²) in [6.45, 7) is 3.12. The molecule has 25 heavy (non-hydrogen) atoms. The smallest absolute Gasteiger partial charge is 0.270 e. The minimum Gasteiger partial charge on any atom is -0.496 e. The van der Waals surface area contributed by atoms with Crippen LogP contribution in [0.15, 0.2) is 41.2 Å². The molecule has 0 aliphatic carbocycles. The second-order valence-electron chi connectivity index (χ2n) is 5.83. The van der Waals surface area contributed by atoms with Gasteiger partial charge in [0.15, 0.2) is 0 Å². The van der Waals surface area contributed by atoms with E-state index in [1.54, 1.807) is 30.2 Å². The molecule has 0 unspecified atom stereocenters. The molecule has 1 aliphatic heterocycles. The zero-order valence-corrected chi connectivity index (χ0v) is 13.9. The summed E-state index contributed by atoms with van der Waals surface area (Å²) in [4.78, 5) is 26.8. The summed E-state index contributed by atoms with van der Waals surface area (Å²) < 4.78 is 10.3. The number of nitrogens with zero attached hydrogens (tertiary/aromatic N) is 3. The van der Waals surface area contributed by atoms with Crippen molar-refractivity contribution in [3.8, 4) is 5.75 Å². The number of benzene rings is 1. The maximum absolute atomic E-state index is 12.3. The molecule has 0 atom stereocenters. The second-order valence-corrected chi connectivity index (χ2v) is 5.83. The molecule has 1 fully saturated rings. The lowest BCUT2D eigenvalue weighted by molar-refractivity contribution is -0.385. The van der Waals surface area contributed by atoms with Gasteiger partial charge in [0.05, 0.1) is 23.9 Å². The fraction of sp³-hybridized carbons (Fsp3) is 0.353. The molecule has 0 saturated carbocycles. The highest BCUT2D eigenvalue weighted by Gasteiger charge is 2.24. The summed E-state index contributed by atoms with van der Waals surface area (Å²) in [5.74, 6) is 0.587. The number of amides is 1. The molecule has 0 N–H and O–H groups in total. The quantitative estimate of drug-likeness (QED) is 0.609. The predicted octanol–water partition coefficient (Wildman–Crippen LogP) is 2.15. The number of carbonyl (C=O) groups is 1. The molecule has 0 spiro atoms. The largest absolute Gasteiger partial charge is 0.496 e. The number of rotatable bonds is 5. The molecule has 1 aliphatic rings. The number of furan rings is 1. The minimum absolute atomic E-state index is 0.0404. The summed E-state index contributed by atoms with van der Waals surface area (Å²) in [5, 5.41) is 11.0. The van der Waals surface area contributed by atoms with Crippen molar-refractivity contribution >= 4 is 11.6 Å². The Morgan fingerprint density at radius 1 is 1.28 bits per heavy atom. The third kappa shape index (κ3) is 3.80. The minimum atomic E-state index is -0.412. The van der Waals surface area contributed by atoms with E-state index in [9.17, 15) is 14.9 Å². The van der Waals surface area contributed by atoms with Gasteiger partial charge in [0.25, 0.3) is 11.6 Å². The van der Waals surface area contributed by atoms with E-state index in [-0.39, 0.29) is 11.6 Å². The number of ether oxygens (including phenoxy) is 1. The first kappa shape index (κ1) is 17.0. The normalized spacial score (nSPS) is 15.2.